The molecule has 0 N–H and O–H groups in total. The third kappa shape index (κ3) is 4.42. The minimum atomic E-state index is -0.00702. The van der Waals surface area contributed by atoms with Crippen molar-refractivity contribution in [2.75, 3.05) is 5.75 Å². The lowest BCUT2D eigenvalue weighted by molar-refractivity contribution is 0.102. The van der Waals surface area contributed by atoms with E-state index in [2.05, 4.69) is 24.8 Å². The Balaban J connectivity index is 1.38. The van der Waals surface area contributed by atoms with Crippen molar-refractivity contribution in [1.82, 2.24) is 9.55 Å². The average molecular weight is 475 g/mol. The Hall–Kier alpha value is -2.70. The Labute approximate surface area is 201 Å². The highest BCUT2D eigenvalue weighted by molar-refractivity contribution is 7.99. The van der Waals surface area contributed by atoms with Gasteiger partial charge in [-0.3, -0.25) is 14.2 Å². The number of carbonyl (C=O) groups excluding carboxylic acids is 1. The molecule has 0 fully saturated rings. The molecule has 33 heavy (non-hydrogen) atoms. The molecule has 0 amide bonds. The van der Waals surface area contributed by atoms with Gasteiger partial charge in [-0.15, -0.1) is 17.9 Å². The summed E-state index contributed by atoms with van der Waals surface area (Å²) in [7, 11) is 0. The van der Waals surface area contributed by atoms with Gasteiger partial charge in [-0.25, -0.2) is 4.98 Å². The molecule has 1 aromatic carbocycles. The minimum Gasteiger partial charge on any atom is -0.293 e. The first kappa shape index (κ1) is 22.1. The van der Waals surface area contributed by atoms with Crippen molar-refractivity contribution >= 4 is 44.7 Å². The number of nitrogens with zero attached hydrogens (tertiary/aromatic N) is 2. The summed E-state index contributed by atoms with van der Waals surface area (Å²) < 4.78 is 1.67. The Morgan fingerprint density at radius 3 is 2.76 bits per heavy atom. The first-order chi connectivity index (χ1) is 16.2. The van der Waals surface area contributed by atoms with E-state index in [0.717, 1.165) is 47.9 Å². The Kier molecular flexibility index (Phi) is 6.47. The first-order valence-corrected chi connectivity index (χ1v) is 13.2. The highest BCUT2D eigenvalue weighted by Gasteiger charge is 2.22. The summed E-state index contributed by atoms with van der Waals surface area (Å²) in [6.07, 6.45) is 14.7. The number of hydrogen-bond acceptors (Lipinski definition) is 5. The van der Waals surface area contributed by atoms with E-state index in [1.54, 1.807) is 22.0 Å². The van der Waals surface area contributed by atoms with Crippen molar-refractivity contribution in [1.29, 1.82) is 0 Å². The van der Waals surface area contributed by atoms with Crippen LogP contribution in [0.4, 0.5) is 0 Å². The molecular formula is C27H26N2O2S2. The van der Waals surface area contributed by atoms with Crippen LogP contribution in [0.1, 0.15) is 52.0 Å². The zero-order chi connectivity index (χ0) is 22.8. The predicted molar refractivity (Wildman–Crippen MR) is 139 cm³/mol. The number of fused-ring (bicyclic) bond motifs is 3. The number of carbonyl (C=O) groups is 1. The van der Waals surface area contributed by atoms with E-state index in [9.17, 15) is 9.59 Å². The number of Topliss-reactive ketones (excluding diaryl/α,β-unsaturated/α-hetero) is 1. The van der Waals surface area contributed by atoms with Gasteiger partial charge >= 0.3 is 0 Å². The van der Waals surface area contributed by atoms with Crippen LogP contribution in [-0.2, 0) is 19.4 Å². The summed E-state index contributed by atoms with van der Waals surface area (Å²) in [6.45, 7) is 4.20. The van der Waals surface area contributed by atoms with Gasteiger partial charge in [0.1, 0.15) is 4.83 Å². The molecule has 0 atom stereocenters. The molecule has 0 aliphatic heterocycles. The van der Waals surface area contributed by atoms with Crippen LogP contribution in [-0.4, -0.2) is 21.1 Å². The van der Waals surface area contributed by atoms with Gasteiger partial charge in [0.2, 0.25) is 0 Å². The fourth-order valence-electron chi connectivity index (χ4n) is 4.51. The number of rotatable bonds is 7. The smallest absolute Gasteiger partial charge is 0.263 e. The Morgan fingerprint density at radius 1 is 1.18 bits per heavy atom. The summed E-state index contributed by atoms with van der Waals surface area (Å²) in [5.41, 5.74) is 4.19. The highest BCUT2D eigenvalue weighted by Crippen LogP contribution is 2.34. The molecule has 0 unspecified atom stereocenters. The standard InChI is InChI=1S/C27H26N2O2S2/c1-2-16-29-26(31)24-21-10-6-7-11-23(21)33-25(24)28-27(29)32-17-22(30)20-14-12-19(13-15-20)18-8-4-3-5-9-18/h2,4,8-9,12-15H,1,3,5-7,10-11,16-17H2. The van der Waals surface area contributed by atoms with Gasteiger partial charge < -0.3 is 0 Å². The van der Waals surface area contributed by atoms with Crippen LogP contribution >= 0.6 is 23.1 Å². The van der Waals surface area contributed by atoms with Crippen molar-refractivity contribution < 1.29 is 4.79 Å². The number of hydrogen-bond donors (Lipinski definition) is 0. The van der Waals surface area contributed by atoms with Crippen LogP contribution in [0.2, 0.25) is 0 Å². The molecule has 3 aromatic rings. The lowest BCUT2D eigenvalue weighted by Gasteiger charge is -2.12. The number of ketones is 1. The second-order valence-corrected chi connectivity index (χ2v) is 10.4. The number of benzene rings is 1. The third-order valence-electron chi connectivity index (χ3n) is 6.22. The number of aryl methyl sites for hydroxylation is 2. The largest absolute Gasteiger partial charge is 0.293 e. The molecule has 0 radical (unpaired) electrons. The van der Waals surface area contributed by atoms with E-state index in [1.165, 1.54) is 34.2 Å². The normalized spacial score (nSPS) is 15.3. The van der Waals surface area contributed by atoms with E-state index in [-0.39, 0.29) is 17.1 Å². The van der Waals surface area contributed by atoms with Gasteiger partial charge in [0.15, 0.2) is 10.9 Å². The Bertz CT molecular complexity index is 1340. The summed E-state index contributed by atoms with van der Waals surface area (Å²) in [4.78, 5) is 33.2. The predicted octanol–water partition coefficient (Wildman–Crippen LogP) is 6.23. The van der Waals surface area contributed by atoms with Crippen molar-refractivity contribution in [2.45, 2.75) is 50.2 Å². The molecule has 5 rings (SSSR count). The summed E-state index contributed by atoms with van der Waals surface area (Å²) in [6, 6.07) is 7.80. The maximum absolute atomic E-state index is 13.3. The minimum absolute atomic E-state index is 0.00702. The molecule has 168 valence electrons. The number of aromatic nitrogens is 2. The summed E-state index contributed by atoms with van der Waals surface area (Å²) >= 11 is 2.98. The second kappa shape index (κ2) is 9.65. The maximum atomic E-state index is 13.3. The monoisotopic (exact) mass is 474 g/mol. The molecular weight excluding hydrogens is 448 g/mol. The van der Waals surface area contributed by atoms with E-state index >= 15 is 0 Å². The fraction of sp³-hybridized carbons (Fsp3) is 0.296. The lowest BCUT2D eigenvalue weighted by atomic mass is 9.97. The van der Waals surface area contributed by atoms with Crippen LogP contribution in [0.25, 0.3) is 15.8 Å². The van der Waals surface area contributed by atoms with Gasteiger partial charge in [-0.1, -0.05) is 60.3 Å². The van der Waals surface area contributed by atoms with Gasteiger partial charge in [-0.05, 0) is 55.2 Å². The zero-order valence-corrected chi connectivity index (χ0v) is 20.1. The van der Waals surface area contributed by atoms with Gasteiger partial charge in [-0.2, -0.15) is 0 Å². The maximum Gasteiger partial charge on any atom is 0.263 e. The van der Waals surface area contributed by atoms with Gasteiger partial charge in [0.25, 0.3) is 5.56 Å². The summed E-state index contributed by atoms with van der Waals surface area (Å²) in [5.74, 6) is 0.270. The van der Waals surface area contributed by atoms with Gasteiger partial charge in [0.05, 0.1) is 11.1 Å². The van der Waals surface area contributed by atoms with Crippen LogP contribution in [0.5, 0.6) is 0 Å². The van der Waals surface area contributed by atoms with E-state index in [0.29, 0.717) is 17.3 Å². The van der Waals surface area contributed by atoms with Crippen LogP contribution in [0, 0.1) is 0 Å². The molecule has 0 spiro atoms. The number of thioether (sulfide) groups is 1. The SMILES string of the molecule is C=CCn1c(SCC(=O)c2ccc(C3=CCCC=C3)cc2)nc2sc3c(c2c1=O)CCCC3. The van der Waals surface area contributed by atoms with E-state index in [1.807, 2.05) is 24.3 Å². The van der Waals surface area contributed by atoms with Crippen molar-refractivity contribution in [2.24, 2.45) is 0 Å². The molecule has 2 aliphatic carbocycles. The van der Waals surface area contributed by atoms with Gasteiger partial charge in [0, 0.05) is 17.0 Å². The number of allylic oxidation sites excluding steroid dienone is 5. The molecule has 2 aromatic heterocycles. The zero-order valence-electron chi connectivity index (χ0n) is 18.5. The second-order valence-electron chi connectivity index (χ2n) is 8.42. The molecule has 2 heterocycles. The van der Waals surface area contributed by atoms with Crippen molar-refractivity contribution in [3.05, 3.63) is 87.1 Å². The van der Waals surface area contributed by atoms with E-state index in [4.69, 9.17) is 4.98 Å². The molecule has 2 aliphatic rings. The molecule has 6 heteroatoms. The van der Waals surface area contributed by atoms with Crippen LogP contribution in [0.3, 0.4) is 0 Å². The summed E-state index contributed by atoms with van der Waals surface area (Å²) in [5, 5.41) is 1.36. The van der Waals surface area contributed by atoms with E-state index < -0.39 is 0 Å². The van der Waals surface area contributed by atoms with Crippen LogP contribution in [0.15, 0.2) is 65.1 Å². The molecule has 0 saturated carbocycles. The quantitative estimate of drug-likeness (QED) is 0.176. The number of thiophene rings is 1. The average Bonchev–Trinajstić information content (AvgIpc) is 3.24. The Morgan fingerprint density at radius 2 is 2.00 bits per heavy atom. The molecule has 0 saturated heterocycles. The first-order valence-electron chi connectivity index (χ1n) is 11.4. The molecule has 4 nitrogen and oxygen atoms in total. The fourth-order valence-corrected chi connectivity index (χ4v) is 6.72. The topological polar surface area (TPSA) is 52.0 Å². The lowest BCUT2D eigenvalue weighted by Crippen LogP contribution is -2.23. The molecule has 0 bridgehead atoms. The van der Waals surface area contributed by atoms with Crippen LogP contribution < -0.4 is 5.56 Å². The highest BCUT2D eigenvalue weighted by atomic mass is 32.2. The third-order valence-corrected chi connectivity index (χ3v) is 8.38. The van der Waals surface area contributed by atoms with Crippen molar-refractivity contribution in [3.63, 3.8) is 0 Å². The van der Waals surface area contributed by atoms with Crippen molar-refractivity contribution in [3.8, 4) is 0 Å².